The van der Waals surface area contributed by atoms with Crippen molar-refractivity contribution in [3.8, 4) is 45.7 Å². The number of carboxylic acid groups (broad SMARTS) is 1. The average molecular weight is 541 g/mol. The molecule has 6 nitrogen and oxygen atoms in total. The molecule has 0 spiro atoms. The largest absolute Gasteiger partial charge is 0.497 e. The first-order valence-corrected chi connectivity index (χ1v) is 13.4. The van der Waals surface area contributed by atoms with Crippen LogP contribution >= 0.6 is 11.6 Å². The van der Waals surface area contributed by atoms with E-state index < -0.39 is 5.97 Å². The molecule has 5 rings (SSSR count). The van der Waals surface area contributed by atoms with Gasteiger partial charge in [0.2, 0.25) is 0 Å². The monoisotopic (exact) mass is 540 g/mol. The van der Waals surface area contributed by atoms with Gasteiger partial charge in [-0.15, -0.1) is 0 Å². The van der Waals surface area contributed by atoms with Gasteiger partial charge in [0.05, 0.1) is 18.8 Å². The summed E-state index contributed by atoms with van der Waals surface area (Å²) in [6.07, 6.45) is 5.67. The van der Waals surface area contributed by atoms with Crippen LogP contribution in [0.1, 0.15) is 49.4 Å². The number of benzene rings is 3. The van der Waals surface area contributed by atoms with Gasteiger partial charge in [0, 0.05) is 28.1 Å². The number of methoxy groups -OCH3 is 1. The van der Waals surface area contributed by atoms with Crippen LogP contribution in [0.15, 0.2) is 72.8 Å². The fourth-order valence-corrected chi connectivity index (χ4v) is 5.13. The standard InChI is InChI=1S/C32H29ClN2O4/c1-38-29-16-17-30(22-7-11-25(33)12-8-22)24(19-29)21-39-28-14-9-23(10-15-28)31-20-26(13-18-32(36)37)34-35(31)27-5-3-2-4-6-27/h7-12,14-17,19-20,27H,2-6,21H2,1H3,(H,36,37). The number of hydrogen-bond acceptors (Lipinski definition) is 4. The van der Waals surface area contributed by atoms with Gasteiger partial charge in [0.1, 0.15) is 23.8 Å². The first kappa shape index (κ1) is 26.4. The molecule has 0 saturated heterocycles. The molecule has 0 amide bonds. The molecule has 0 unspecified atom stereocenters. The minimum Gasteiger partial charge on any atom is -0.497 e. The zero-order chi connectivity index (χ0) is 27.2. The fraction of sp³-hybridized carbons (Fsp3) is 0.250. The van der Waals surface area contributed by atoms with Gasteiger partial charge >= 0.3 is 5.97 Å². The molecule has 7 heteroatoms. The van der Waals surface area contributed by atoms with Crippen LogP contribution < -0.4 is 9.47 Å². The molecule has 1 aromatic heterocycles. The molecule has 1 heterocycles. The highest BCUT2D eigenvalue weighted by Crippen LogP contribution is 2.34. The molecular formula is C32H29ClN2O4. The van der Waals surface area contributed by atoms with Crippen molar-refractivity contribution in [3.05, 3.63) is 89.1 Å². The van der Waals surface area contributed by atoms with Crippen LogP contribution in [0.2, 0.25) is 5.02 Å². The minimum atomic E-state index is -1.17. The predicted octanol–water partition coefficient (Wildman–Crippen LogP) is 7.40. The summed E-state index contributed by atoms with van der Waals surface area (Å²) in [5, 5.41) is 14.3. The van der Waals surface area contributed by atoms with Crippen molar-refractivity contribution in [2.45, 2.75) is 44.8 Å². The van der Waals surface area contributed by atoms with Crippen molar-refractivity contribution in [3.63, 3.8) is 0 Å². The minimum absolute atomic E-state index is 0.282. The highest BCUT2D eigenvalue weighted by atomic mass is 35.5. The zero-order valence-electron chi connectivity index (χ0n) is 21.7. The Balaban J connectivity index is 1.38. The summed E-state index contributed by atoms with van der Waals surface area (Å²) >= 11 is 6.09. The molecule has 1 aliphatic rings. The van der Waals surface area contributed by atoms with E-state index in [1.165, 1.54) is 6.42 Å². The quantitative estimate of drug-likeness (QED) is 0.247. The smallest absolute Gasteiger partial charge is 0.382 e. The van der Waals surface area contributed by atoms with E-state index in [2.05, 4.69) is 16.9 Å². The summed E-state index contributed by atoms with van der Waals surface area (Å²) in [4.78, 5) is 11.0. The van der Waals surface area contributed by atoms with Crippen LogP contribution in [0.4, 0.5) is 0 Å². The van der Waals surface area contributed by atoms with Crippen LogP contribution in [0.25, 0.3) is 22.4 Å². The second-order valence-corrected chi connectivity index (χ2v) is 9.99. The van der Waals surface area contributed by atoms with E-state index in [1.807, 2.05) is 77.5 Å². The van der Waals surface area contributed by atoms with Crippen LogP contribution in [0, 0.1) is 11.8 Å². The Morgan fingerprint density at radius 3 is 2.36 bits per heavy atom. The Morgan fingerprint density at radius 2 is 1.67 bits per heavy atom. The van der Waals surface area contributed by atoms with Gasteiger partial charge in [-0.05, 0) is 78.4 Å². The molecule has 198 valence electrons. The summed E-state index contributed by atoms with van der Waals surface area (Å²) in [6.45, 7) is 0.365. The number of nitrogens with zero attached hydrogens (tertiary/aromatic N) is 2. The molecule has 0 bridgehead atoms. The van der Waals surface area contributed by atoms with E-state index in [-0.39, 0.29) is 6.04 Å². The third kappa shape index (κ3) is 6.45. The predicted molar refractivity (Wildman–Crippen MR) is 152 cm³/mol. The maximum atomic E-state index is 11.0. The zero-order valence-corrected chi connectivity index (χ0v) is 22.4. The van der Waals surface area contributed by atoms with E-state index in [0.717, 1.165) is 65.1 Å². The number of ether oxygens (including phenoxy) is 2. The summed E-state index contributed by atoms with van der Waals surface area (Å²) in [7, 11) is 1.65. The molecule has 0 aliphatic heterocycles. The van der Waals surface area contributed by atoms with Gasteiger partial charge in [0.25, 0.3) is 0 Å². The van der Waals surface area contributed by atoms with Crippen LogP contribution in [-0.2, 0) is 11.4 Å². The average Bonchev–Trinajstić information content (AvgIpc) is 3.40. The van der Waals surface area contributed by atoms with Crippen LogP contribution in [-0.4, -0.2) is 28.0 Å². The first-order chi connectivity index (χ1) is 19.0. The van der Waals surface area contributed by atoms with Crippen molar-refractivity contribution >= 4 is 17.6 Å². The Bertz CT molecular complexity index is 1510. The van der Waals surface area contributed by atoms with Crippen molar-refractivity contribution in [2.24, 2.45) is 0 Å². The lowest BCUT2D eigenvalue weighted by Crippen LogP contribution is -2.15. The number of aromatic nitrogens is 2. The highest BCUT2D eigenvalue weighted by molar-refractivity contribution is 6.30. The molecule has 1 aliphatic carbocycles. The SMILES string of the molecule is COc1ccc(-c2ccc(Cl)cc2)c(COc2ccc(-c3cc(C#CC(=O)O)nn3C3CCCCC3)cc2)c1. The molecule has 4 aromatic rings. The van der Waals surface area contributed by atoms with Gasteiger partial charge in [-0.1, -0.05) is 49.1 Å². The summed E-state index contributed by atoms with van der Waals surface area (Å²) < 4.78 is 13.7. The summed E-state index contributed by atoms with van der Waals surface area (Å²) in [6, 6.07) is 23.7. The van der Waals surface area contributed by atoms with Gasteiger partial charge in [-0.25, -0.2) is 4.79 Å². The Labute approximate surface area is 233 Å². The second kappa shape index (κ2) is 12.1. The number of hydrogen-bond donors (Lipinski definition) is 1. The third-order valence-corrected chi connectivity index (χ3v) is 7.22. The fourth-order valence-electron chi connectivity index (χ4n) is 5.00. The number of carbonyl (C=O) groups is 1. The van der Waals surface area contributed by atoms with E-state index in [4.69, 9.17) is 26.2 Å². The Hall–Kier alpha value is -4.21. The van der Waals surface area contributed by atoms with Crippen molar-refractivity contribution in [1.29, 1.82) is 0 Å². The molecule has 0 radical (unpaired) electrons. The van der Waals surface area contributed by atoms with Gasteiger partial charge in [-0.3, -0.25) is 4.68 Å². The molecule has 0 atom stereocenters. The molecule has 1 fully saturated rings. The maximum absolute atomic E-state index is 11.0. The lowest BCUT2D eigenvalue weighted by Gasteiger charge is -2.24. The van der Waals surface area contributed by atoms with Crippen molar-refractivity contribution < 1.29 is 19.4 Å². The molecule has 1 saturated carbocycles. The summed E-state index contributed by atoms with van der Waals surface area (Å²) in [5.41, 5.74) is 5.47. The lowest BCUT2D eigenvalue weighted by atomic mass is 9.95. The van der Waals surface area contributed by atoms with Crippen molar-refractivity contribution in [2.75, 3.05) is 7.11 Å². The first-order valence-electron chi connectivity index (χ1n) is 13.0. The number of carboxylic acids is 1. The molecular weight excluding hydrogens is 512 g/mol. The van der Waals surface area contributed by atoms with Crippen molar-refractivity contribution in [1.82, 2.24) is 9.78 Å². The number of rotatable bonds is 7. The Kier molecular flexibility index (Phi) is 8.19. The van der Waals surface area contributed by atoms with E-state index in [9.17, 15) is 4.79 Å². The van der Waals surface area contributed by atoms with Gasteiger partial charge < -0.3 is 14.6 Å². The lowest BCUT2D eigenvalue weighted by molar-refractivity contribution is -0.130. The van der Waals surface area contributed by atoms with Gasteiger partial charge in [-0.2, -0.15) is 5.10 Å². The van der Waals surface area contributed by atoms with Crippen LogP contribution in [0.3, 0.4) is 0 Å². The normalized spacial score (nSPS) is 13.4. The highest BCUT2D eigenvalue weighted by Gasteiger charge is 2.20. The third-order valence-electron chi connectivity index (χ3n) is 6.97. The second-order valence-electron chi connectivity index (χ2n) is 9.55. The molecule has 3 aromatic carbocycles. The number of aliphatic carboxylic acids is 1. The molecule has 1 N–H and O–H groups in total. The Morgan fingerprint density at radius 1 is 0.974 bits per heavy atom. The maximum Gasteiger partial charge on any atom is 0.382 e. The van der Waals surface area contributed by atoms with Gasteiger partial charge in [0.15, 0.2) is 0 Å². The van der Waals surface area contributed by atoms with Crippen LogP contribution in [0.5, 0.6) is 11.5 Å². The van der Waals surface area contributed by atoms with E-state index in [1.54, 1.807) is 7.11 Å². The topological polar surface area (TPSA) is 73.6 Å². The molecule has 39 heavy (non-hydrogen) atoms. The van der Waals surface area contributed by atoms with E-state index in [0.29, 0.717) is 17.3 Å². The number of halogens is 1. The summed E-state index contributed by atoms with van der Waals surface area (Å²) in [5.74, 6) is 5.18. The van der Waals surface area contributed by atoms with E-state index >= 15 is 0 Å².